The summed E-state index contributed by atoms with van der Waals surface area (Å²) < 4.78 is 67.8. The summed E-state index contributed by atoms with van der Waals surface area (Å²) in [5.41, 5.74) is 0. The molecule has 0 unspecified atom stereocenters. The smallest absolute Gasteiger partial charge is 0.454 e. The van der Waals surface area contributed by atoms with Crippen LogP contribution in [0.4, 0.5) is 26.3 Å². The second-order valence-electron chi connectivity index (χ2n) is 3.30. The number of rotatable bonds is 2. The summed E-state index contributed by atoms with van der Waals surface area (Å²) in [4.78, 5) is 19.8. The molecule has 0 aromatic heterocycles. The van der Waals surface area contributed by atoms with Gasteiger partial charge in [-0.1, -0.05) is 0 Å². The van der Waals surface area contributed by atoms with Crippen molar-refractivity contribution in [3.8, 4) is 0 Å². The Labute approximate surface area is 125 Å². The summed E-state index contributed by atoms with van der Waals surface area (Å²) in [7, 11) is 0. The van der Waals surface area contributed by atoms with Crippen LogP contribution in [0.5, 0.6) is 0 Å². The van der Waals surface area contributed by atoms with Crippen LogP contribution in [0.3, 0.4) is 0 Å². The van der Waals surface area contributed by atoms with Gasteiger partial charge < -0.3 is 10.2 Å². The molecule has 0 rings (SSSR count). The van der Waals surface area contributed by atoms with E-state index in [1.165, 1.54) is 0 Å². The Morgan fingerprint density at radius 2 is 0.952 bits per heavy atom. The zero-order valence-electron chi connectivity index (χ0n) is 10.5. The van der Waals surface area contributed by atoms with Crippen LogP contribution in [0.25, 0.3) is 0 Å². The van der Waals surface area contributed by atoms with Crippen molar-refractivity contribution in [2.24, 2.45) is 0 Å². The quantitative estimate of drug-likeness (QED) is 0.447. The number of hydrogen-bond acceptors (Lipinski definition) is 4. The van der Waals surface area contributed by atoms with Gasteiger partial charge in [0.1, 0.15) is 0 Å². The Bertz CT molecular complexity index is 374. The first-order chi connectivity index (χ1) is 8.67. The van der Waals surface area contributed by atoms with Crippen LogP contribution in [0.15, 0.2) is 23.7 Å². The molecule has 0 aromatic rings. The third-order valence-electron chi connectivity index (χ3n) is 1.24. The minimum absolute atomic E-state index is 0. The fourth-order valence-corrected chi connectivity index (χ4v) is 0.543. The maximum atomic E-state index is 11.3. The van der Waals surface area contributed by atoms with Crippen molar-refractivity contribution in [2.75, 3.05) is 0 Å². The standard InChI is InChI=1S/2C5H5F3O2.Co/c2*1-3(9)2-4(10)5(6,7)8;/h2*2,9H,1H3;/b2*3-2-;. The molecule has 0 saturated heterocycles. The molecule has 0 aliphatic carbocycles. The maximum absolute atomic E-state index is 11.3. The number of aliphatic hydroxyl groups excluding tert-OH is 2. The number of aliphatic hydroxyl groups is 2. The van der Waals surface area contributed by atoms with Gasteiger partial charge in [-0.25, -0.2) is 0 Å². The molecule has 0 amide bonds. The number of allylic oxidation sites excluding steroid dienone is 4. The van der Waals surface area contributed by atoms with Crippen LogP contribution >= 0.6 is 0 Å². The maximum Gasteiger partial charge on any atom is 0.454 e. The average Bonchev–Trinajstić information content (AvgIpc) is 2.13. The minimum atomic E-state index is -4.88. The third kappa shape index (κ3) is 14.7. The van der Waals surface area contributed by atoms with Gasteiger partial charge in [0.2, 0.25) is 0 Å². The van der Waals surface area contributed by atoms with E-state index in [1.807, 2.05) is 0 Å². The molecule has 0 bridgehead atoms. The van der Waals surface area contributed by atoms with Crippen LogP contribution in [0.1, 0.15) is 13.8 Å². The number of alkyl halides is 6. The molecule has 0 aliphatic rings. The van der Waals surface area contributed by atoms with E-state index < -0.39 is 35.4 Å². The fraction of sp³-hybridized carbons (Fsp3) is 0.400. The number of carbonyl (C=O) groups is 2. The van der Waals surface area contributed by atoms with Crippen molar-refractivity contribution < 1.29 is 62.9 Å². The zero-order chi connectivity index (χ0) is 16.7. The van der Waals surface area contributed by atoms with E-state index >= 15 is 0 Å². The molecule has 1 radical (unpaired) electrons. The van der Waals surface area contributed by atoms with E-state index in [9.17, 15) is 35.9 Å². The van der Waals surface area contributed by atoms with Gasteiger partial charge in [0.15, 0.2) is 0 Å². The SMILES string of the molecule is C/C(O)=C/C(=O)C(F)(F)F.C/C(O)=C/C(=O)C(F)(F)F.[Co]. The van der Waals surface area contributed by atoms with Gasteiger partial charge in [0, 0.05) is 28.9 Å². The second kappa shape index (κ2) is 9.44. The first-order valence-corrected chi connectivity index (χ1v) is 4.64. The van der Waals surface area contributed by atoms with Crippen LogP contribution < -0.4 is 0 Å². The molecule has 4 nitrogen and oxygen atoms in total. The van der Waals surface area contributed by atoms with Crippen LogP contribution in [0, 0.1) is 0 Å². The van der Waals surface area contributed by atoms with Crippen LogP contribution in [-0.4, -0.2) is 34.1 Å². The summed E-state index contributed by atoms with van der Waals surface area (Å²) in [5.74, 6) is -5.40. The van der Waals surface area contributed by atoms with Gasteiger partial charge in [0.05, 0.1) is 11.5 Å². The molecule has 0 heterocycles. The van der Waals surface area contributed by atoms with Gasteiger partial charge in [-0.05, 0) is 13.8 Å². The molecule has 0 saturated carbocycles. The van der Waals surface area contributed by atoms with Crippen molar-refractivity contribution in [3.05, 3.63) is 23.7 Å². The molecular weight excluding hydrogens is 357 g/mol. The Morgan fingerprint density at radius 1 is 0.762 bits per heavy atom. The summed E-state index contributed by atoms with van der Waals surface area (Å²) in [5, 5.41) is 16.5. The minimum Gasteiger partial charge on any atom is -0.512 e. The van der Waals surface area contributed by atoms with Gasteiger partial charge in [-0.15, -0.1) is 0 Å². The Hall–Kier alpha value is -1.49. The largest absolute Gasteiger partial charge is 0.512 e. The fourth-order valence-electron chi connectivity index (χ4n) is 0.543. The monoisotopic (exact) mass is 367 g/mol. The third-order valence-corrected chi connectivity index (χ3v) is 1.24. The molecule has 11 heteroatoms. The number of hydrogen-bond donors (Lipinski definition) is 2. The van der Waals surface area contributed by atoms with Crippen molar-refractivity contribution in [1.29, 1.82) is 0 Å². The Balaban J connectivity index is -0.000000295. The van der Waals surface area contributed by atoms with Gasteiger partial charge in [-0.3, -0.25) is 9.59 Å². The van der Waals surface area contributed by atoms with E-state index in [4.69, 9.17) is 10.2 Å². The molecule has 125 valence electrons. The number of carbonyl (C=O) groups excluding carboxylic acids is 2. The molecular formula is C10H10CoF6O4. The van der Waals surface area contributed by atoms with Gasteiger partial charge in [-0.2, -0.15) is 26.3 Å². The number of ketones is 2. The van der Waals surface area contributed by atoms with Gasteiger partial charge in [0.25, 0.3) is 11.6 Å². The molecule has 0 aromatic carbocycles. The van der Waals surface area contributed by atoms with E-state index in [2.05, 4.69) is 0 Å². The first-order valence-electron chi connectivity index (χ1n) is 4.64. The Morgan fingerprint density at radius 3 is 1.00 bits per heavy atom. The van der Waals surface area contributed by atoms with Crippen LogP contribution in [0.2, 0.25) is 0 Å². The molecule has 0 spiro atoms. The Kier molecular flexibility index (Phi) is 11.0. The van der Waals surface area contributed by atoms with E-state index in [0.717, 1.165) is 13.8 Å². The normalized spacial score (nSPS) is 12.8. The van der Waals surface area contributed by atoms with E-state index in [0.29, 0.717) is 0 Å². The predicted octanol–water partition coefficient (Wildman–Crippen LogP) is 3.16. The summed E-state index contributed by atoms with van der Waals surface area (Å²) >= 11 is 0. The van der Waals surface area contributed by atoms with Crippen molar-refractivity contribution >= 4 is 11.6 Å². The molecule has 0 atom stereocenters. The van der Waals surface area contributed by atoms with Crippen molar-refractivity contribution in [1.82, 2.24) is 0 Å². The van der Waals surface area contributed by atoms with Gasteiger partial charge >= 0.3 is 12.4 Å². The predicted molar refractivity (Wildman–Crippen MR) is 54.9 cm³/mol. The molecule has 21 heavy (non-hydrogen) atoms. The molecule has 0 aliphatic heterocycles. The zero-order valence-corrected chi connectivity index (χ0v) is 11.5. The van der Waals surface area contributed by atoms with Crippen LogP contribution in [-0.2, 0) is 26.4 Å². The second-order valence-corrected chi connectivity index (χ2v) is 3.30. The topological polar surface area (TPSA) is 74.6 Å². The summed E-state index contributed by atoms with van der Waals surface area (Å²) in [6, 6.07) is 0. The summed E-state index contributed by atoms with van der Waals surface area (Å²) in [6.45, 7) is 1.98. The molecule has 2 N–H and O–H groups in total. The van der Waals surface area contributed by atoms with Crippen molar-refractivity contribution in [2.45, 2.75) is 26.2 Å². The van der Waals surface area contributed by atoms with E-state index in [-0.39, 0.29) is 28.9 Å². The number of halogens is 6. The van der Waals surface area contributed by atoms with Crippen molar-refractivity contribution in [3.63, 3.8) is 0 Å². The summed E-state index contributed by atoms with van der Waals surface area (Å²) in [6.07, 6.45) is -9.52. The van der Waals surface area contributed by atoms with E-state index in [1.54, 1.807) is 0 Å². The molecule has 0 fully saturated rings. The average molecular weight is 367 g/mol. The first kappa shape index (κ1) is 24.5.